The molecule has 31 heavy (non-hydrogen) atoms. The van der Waals surface area contributed by atoms with Crippen molar-refractivity contribution in [3.8, 4) is 22.5 Å². The summed E-state index contributed by atoms with van der Waals surface area (Å²) >= 11 is 8.06. The van der Waals surface area contributed by atoms with Crippen LogP contribution in [-0.4, -0.2) is 19.5 Å². The van der Waals surface area contributed by atoms with Crippen LogP contribution in [0.1, 0.15) is 0 Å². The number of halogens is 1. The van der Waals surface area contributed by atoms with Crippen LogP contribution >= 0.6 is 23.4 Å². The average molecular weight is 444 g/mol. The first-order chi connectivity index (χ1) is 15.1. The molecule has 0 radical (unpaired) electrons. The van der Waals surface area contributed by atoms with E-state index in [-0.39, 0.29) is 0 Å². The minimum Gasteiger partial charge on any atom is -0.381 e. The first-order valence-electron chi connectivity index (χ1n) is 9.66. The van der Waals surface area contributed by atoms with E-state index in [1.165, 1.54) is 11.8 Å². The Morgan fingerprint density at radius 1 is 0.935 bits per heavy atom. The SMILES string of the molecule is Cn1ccc(Sc2nc(-c3cc(Cl)c4ncccc4c3)c(-c3ccccc3)nc2N)c1. The number of nitrogens with two attached hydrogens (primary N) is 1. The van der Waals surface area contributed by atoms with Gasteiger partial charge in [0.1, 0.15) is 5.03 Å². The third kappa shape index (κ3) is 3.87. The molecule has 0 saturated carbocycles. The van der Waals surface area contributed by atoms with Crippen LogP contribution in [0.5, 0.6) is 0 Å². The number of pyridine rings is 1. The molecule has 5 nitrogen and oxygen atoms in total. The number of hydrogen-bond acceptors (Lipinski definition) is 5. The van der Waals surface area contributed by atoms with Crippen LogP contribution in [0.3, 0.4) is 0 Å². The number of hydrogen-bond donors (Lipinski definition) is 1. The van der Waals surface area contributed by atoms with Gasteiger partial charge in [0.15, 0.2) is 5.82 Å². The highest BCUT2D eigenvalue weighted by Gasteiger charge is 2.18. The molecule has 0 saturated heterocycles. The van der Waals surface area contributed by atoms with Crippen LogP contribution in [0.15, 0.2) is 89.2 Å². The average Bonchev–Trinajstić information content (AvgIpc) is 3.20. The van der Waals surface area contributed by atoms with E-state index >= 15 is 0 Å². The third-order valence-electron chi connectivity index (χ3n) is 4.89. The standard InChI is InChI=1S/C24H18ClN5S/c1-30-11-9-18(14-30)31-24-23(26)28-21(15-6-3-2-4-7-15)22(29-24)17-12-16-8-5-10-27-20(16)19(25)13-17/h2-14H,1H3,(H2,26,28). The number of nitrogen functional groups attached to an aromatic ring is 1. The predicted molar refractivity (Wildman–Crippen MR) is 127 cm³/mol. The van der Waals surface area contributed by atoms with Crippen molar-refractivity contribution in [3.05, 3.63) is 84.3 Å². The Hall–Kier alpha value is -3.35. The molecule has 0 amide bonds. The summed E-state index contributed by atoms with van der Waals surface area (Å²) in [5, 5.41) is 2.17. The molecule has 5 aromatic rings. The van der Waals surface area contributed by atoms with E-state index in [2.05, 4.69) is 4.98 Å². The largest absolute Gasteiger partial charge is 0.381 e. The van der Waals surface area contributed by atoms with Crippen molar-refractivity contribution in [2.45, 2.75) is 9.92 Å². The van der Waals surface area contributed by atoms with Crippen molar-refractivity contribution in [1.29, 1.82) is 0 Å². The van der Waals surface area contributed by atoms with Gasteiger partial charge in [-0.1, -0.05) is 59.8 Å². The van der Waals surface area contributed by atoms with Gasteiger partial charge < -0.3 is 10.3 Å². The molecule has 5 rings (SSSR count). The second-order valence-electron chi connectivity index (χ2n) is 7.13. The molecule has 2 aromatic carbocycles. The fourth-order valence-electron chi connectivity index (χ4n) is 3.44. The van der Waals surface area contributed by atoms with Crippen LogP contribution in [0.2, 0.25) is 5.02 Å². The number of nitrogens with zero attached hydrogens (tertiary/aromatic N) is 4. The normalized spacial score (nSPS) is 11.2. The maximum atomic E-state index is 6.57. The number of benzene rings is 2. The third-order valence-corrected chi connectivity index (χ3v) is 6.15. The lowest BCUT2D eigenvalue weighted by Gasteiger charge is -2.13. The van der Waals surface area contributed by atoms with Gasteiger partial charge in [-0.3, -0.25) is 4.98 Å². The van der Waals surface area contributed by atoms with Gasteiger partial charge in [-0.2, -0.15) is 0 Å². The molecule has 0 bridgehead atoms. The van der Waals surface area contributed by atoms with Gasteiger partial charge >= 0.3 is 0 Å². The van der Waals surface area contributed by atoms with Crippen molar-refractivity contribution < 1.29 is 0 Å². The molecule has 7 heteroatoms. The zero-order chi connectivity index (χ0) is 21.4. The van der Waals surface area contributed by atoms with Crippen LogP contribution in [0.25, 0.3) is 33.4 Å². The van der Waals surface area contributed by atoms with Crippen molar-refractivity contribution in [2.75, 3.05) is 5.73 Å². The second-order valence-corrected chi connectivity index (χ2v) is 8.59. The van der Waals surface area contributed by atoms with Gasteiger partial charge in [0.2, 0.25) is 0 Å². The van der Waals surface area contributed by atoms with Gasteiger partial charge in [-0.05, 0) is 24.3 Å². The summed E-state index contributed by atoms with van der Waals surface area (Å²) in [6, 6.07) is 19.8. The molecule has 0 aliphatic carbocycles. The quantitative estimate of drug-likeness (QED) is 0.364. The summed E-state index contributed by atoms with van der Waals surface area (Å²) in [6.45, 7) is 0. The minimum atomic E-state index is 0.394. The van der Waals surface area contributed by atoms with E-state index < -0.39 is 0 Å². The van der Waals surface area contributed by atoms with Crippen LogP contribution in [0.4, 0.5) is 5.82 Å². The lowest BCUT2D eigenvalue weighted by molar-refractivity contribution is 0.920. The fourth-order valence-corrected chi connectivity index (χ4v) is 4.57. The fraction of sp³-hybridized carbons (Fsp3) is 0.0417. The number of anilines is 1. The second kappa shape index (κ2) is 8.06. The maximum Gasteiger partial charge on any atom is 0.157 e. The highest BCUT2D eigenvalue weighted by atomic mass is 35.5. The lowest BCUT2D eigenvalue weighted by Crippen LogP contribution is -2.02. The van der Waals surface area contributed by atoms with Crippen molar-refractivity contribution in [3.63, 3.8) is 0 Å². The van der Waals surface area contributed by atoms with E-state index in [0.29, 0.717) is 15.9 Å². The van der Waals surface area contributed by atoms with E-state index in [1.807, 2.05) is 84.7 Å². The van der Waals surface area contributed by atoms with Gasteiger partial charge in [-0.25, -0.2) is 9.97 Å². The van der Waals surface area contributed by atoms with Gasteiger partial charge in [-0.15, -0.1) is 0 Å². The molecule has 0 aliphatic rings. The molecule has 0 atom stereocenters. The summed E-state index contributed by atoms with van der Waals surface area (Å²) < 4.78 is 1.99. The van der Waals surface area contributed by atoms with E-state index in [1.54, 1.807) is 6.20 Å². The Labute approximate surface area is 188 Å². The minimum absolute atomic E-state index is 0.394. The van der Waals surface area contributed by atoms with Crippen LogP contribution in [-0.2, 0) is 7.05 Å². The van der Waals surface area contributed by atoms with E-state index in [0.717, 1.165) is 38.3 Å². The molecule has 0 fully saturated rings. The van der Waals surface area contributed by atoms with Crippen molar-refractivity contribution >= 4 is 40.1 Å². The molecule has 0 unspecified atom stereocenters. The molecule has 0 aliphatic heterocycles. The van der Waals surface area contributed by atoms with E-state index in [4.69, 9.17) is 27.3 Å². The summed E-state index contributed by atoms with van der Waals surface area (Å²) in [4.78, 5) is 15.2. The Kier molecular flexibility index (Phi) is 5.10. The Morgan fingerprint density at radius 3 is 2.52 bits per heavy atom. The summed E-state index contributed by atoms with van der Waals surface area (Å²) in [7, 11) is 1.98. The number of fused-ring (bicyclic) bond motifs is 1. The highest BCUT2D eigenvalue weighted by molar-refractivity contribution is 7.99. The first-order valence-corrected chi connectivity index (χ1v) is 10.9. The molecular formula is C24H18ClN5S. The topological polar surface area (TPSA) is 69.6 Å². The Morgan fingerprint density at radius 2 is 1.74 bits per heavy atom. The summed E-state index contributed by atoms with van der Waals surface area (Å²) in [5.41, 5.74) is 10.4. The highest BCUT2D eigenvalue weighted by Crippen LogP contribution is 2.38. The zero-order valence-corrected chi connectivity index (χ0v) is 18.2. The van der Waals surface area contributed by atoms with Gasteiger partial charge in [0.05, 0.1) is 21.9 Å². The first kappa shape index (κ1) is 19.6. The molecule has 3 aromatic heterocycles. The Bertz CT molecular complexity index is 1400. The lowest BCUT2D eigenvalue weighted by atomic mass is 10.0. The van der Waals surface area contributed by atoms with Crippen LogP contribution < -0.4 is 5.73 Å². The molecular weight excluding hydrogens is 426 g/mol. The maximum absolute atomic E-state index is 6.57. The zero-order valence-electron chi connectivity index (χ0n) is 16.7. The number of aryl methyl sites for hydroxylation is 1. The smallest absolute Gasteiger partial charge is 0.157 e. The van der Waals surface area contributed by atoms with Crippen LogP contribution in [0, 0.1) is 0 Å². The van der Waals surface area contributed by atoms with Gasteiger partial charge in [0, 0.05) is 47.0 Å². The Balaban J connectivity index is 1.72. The number of aromatic nitrogens is 4. The monoisotopic (exact) mass is 443 g/mol. The predicted octanol–water partition coefficient (Wildman–Crippen LogP) is 6.08. The summed E-state index contributed by atoms with van der Waals surface area (Å²) in [6.07, 6.45) is 5.75. The number of rotatable bonds is 4. The molecule has 2 N–H and O–H groups in total. The molecule has 3 heterocycles. The van der Waals surface area contributed by atoms with E-state index in [9.17, 15) is 0 Å². The molecule has 0 spiro atoms. The molecule has 152 valence electrons. The van der Waals surface area contributed by atoms with Crippen molar-refractivity contribution in [1.82, 2.24) is 19.5 Å². The van der Waals surface area contributed by atoms with Crippen molar-refractivity contribution in [2.24, 2.45) is 7.05 Å². The van der Waals surface area contributed by atoms with Gasteiger partial charge in [0.25, 0.3) is 0 Å². The summed E-state index contributed by atoms with van der Waals surface area (Å²) in [5.74, 6) is 0.394.